The zero-order chi connectivity index (χ0) is 11.1. The molecule has 0 amide bonds. The van der Waals surface area contributed by atoms with Gasteiger partial charge >= 0.3 is 0 Å². The van der Waals surface area contributed by atoms with Gasteiger partial charge in [0.05, 0.1) is 11.7 Å². The molecular weight excluding hydrogens is 190 g/mol. The molecule has 0 unspecified atom stereocenters. The highest BCUT2D eigenvalue weighted by atomic mass is 16.3. The Balaban J connectivity index is 2.79. The van der Waals surface area contributed by atoms with E-state index in [9.17, 15) is 5.11 Å². The highest BCUT2D eigenvalue weighted by Crippen LogP contribution is 2.24. The third-order valence-electron chi connectivity index (χ3n) is 2.34. The van der Waals surface area contributed by atoms with E-state index in [4.69, 9.17) is 0 Å². The van der Waals surface area contributed by atoms with Crippen LogP contribution in [0.5, 0.6) is 0 Å². The van der Waals surface area contributed by atoms with Gasteiger partial charge in [-0.3, -0.25) is 4.98 Å². The van der Waals surface area contributed by atoms with Gasteiger partial charge in [0.1, 0.15) is 17.9 Å². The summed E-state index contributed by atoms with van der Waals surface area (Å²) in [5, 5.41) is 9.28. The van der Waals surface area contributed by atoms with E-state index in [2.05, 4.69) is 30.7 Å². The molecule has 80 valence electrons. The highest BCUT2D eigenvalue weighted by molar-refractivity contribution is 5.75. The minimum absolute atomic E-state index is 0.0497. The maximum Gasteiger partial charge on any atom is 0.136 e. The average Bonchev–Trinajstić information content (AvgIpc) is 2.54. The predicted octanol–water partition coefficient (Wildman–Crippen LogP) is 1.68. The largest absolute Gasteiger partial charge is 0.388 e. The highest BCUT2D eigenvalue weighted by Gasteiger charge is 2.20. The number of rotatable bonds is 1. The number of pyridine rings is 1. The second-order valence-electron chi connectivity index (χ2n) is 4.56. The number of aliphatic hydroxyl groups is 1. The standard InChI is InChI=1S/C11H15N3O/c1-11(2,3)14-9-4-5-12-6-8(9)13-10(14)7-15/h4-6,15H,7H2,1-3H3. The minimum Gasteiger partial charge on any atom is -0.388 e. The van der Waals surface area contributed by atoms with E-state index in [1.165, 1.54) is 0 Å². The van der Waals surface area contributed by atoms with Gasteiger partial charge in [-0.15, -0.1) is 0 Å². The fraction of sp³-hybridized carbons (Fsp3) is 0.455. The van der Waals surface area contributed by atoms with Gasteiger partial charge in [-0.05, 0) is 26.8 Å². The van der Waals surface area contributed by atoms with Gasteiger partial charge in [-0.25, -0.2) is 4.98 Å². The Bertz CT molecular complexity index is 482. The first-order chi connectivity index (χ1) is 7.04. The summed E-state index contributed by atoms with van der Waals surface area (Å²) in [6, 6.07) is 1.92. The fourth-order valence-corrected chi connectivity index (χ4v) is 1.84. The number of aromatic nitrogens is 3. The van der Waals surface area contributed by atoms with Crippen molar-refractivity contribution in [2.45, 2.75) is 32.9 Å². The molecule has 0 aliphatic heterocycles. The Kier molecular flexibility index (Phi) is 2.23. The molecule has 2 aromatic rings. The lowest BCUT2D eigenvalue weighted by molar-refractivity contribution is 0.252. The summed E-state index contributed by atoms with van der Waals surface area (Å²) < 4.78 is 2.05. The molecular formula is C11H15N3O. The van der Waals surface area contributed by atoms with Gasteiger partial charge in [0, 0.05) is 11.7 Å². The van der Waals surface area contributed by atoms with Crippen molar-refractivity contribution in [3.05, 3.63) is 24.3 Å². The van der Waals surface area contributed by atoms with Crippen molar-refractivity contribution in [3.8, 4) is 0 Å². The van der Waals surface area contributed by atoms with Crippen LogP contribution in [0.3, 0.4) is 0 Å². The van der Waals surface area contributed by atoms with Crippen molar-refractivity contribution in [1.82, 2.24) is 14.5 Å². The normalized spacial score (nSPS) is 12.3. The first-order valence-corrected chi connectivity index (χ1v) is 4.96. The smallest absolute Gasteiger partial charge is 0.136 e. The predicted molar refractivity (Wildman–Crippen MR) is 58.4 cm³/mol. The van der Waals surface area contributed by atoms with Crippen molar-refractivity contribution in [2.24, 2.45) is 0 Å². The van der Waals surface area contributed by atoms with Crippen LogP contribution in [0.2, 0.25) is 0 Å². The van der Waals surface area contributed by atoms with Crippen molar-refractivity contribution in [3.63, 3.8) is 0 Å². The zero-order valence-electron chi connectivity index (χ0n) is 9.23. The quantitative estimate of drug-likeness (QED) is 0.770. The van der Waals surface area contributed by atoms with Crippen molar-refractivity contribution in [1.29, 1.82) is 0 Å². The average molecular weight is 205 g/mol. The molecule has 0 aromatic carbocycles. The van der Waals surface area contributed by atoms with Crippen LogP contribution in [0.1, 0.15) is 26.6 Å². The van der Waals surface area contributed by atoms with Crippen LogP contribution in [0.25, 0.3) is 11.0 Å². The molecule has 2 rings (SSSR count). The molecule has 4 nitrogen and oxygen atoms in total. The van der Waals surface area contributed by atoms with Crippen LogP contribution in [-0.2, 0) is 12.1 Å². The van der Waals surface area contributed by atoms with Gasteiger partial charge in [-0.2, -0.15) is 0 Å². The van der Waals surface area contributed by atoms with Crippen LogP contribution >= 0.6 is 0 Å². The summed E-state index contributed by atoms with van der Waals surface area (Å²) in [6.07, 6.45) is 3.46. The van der Waals surface area contributed by atoms with Crippen LogP contribution in [-0.4, -0.2) is 19.6 Å². The molecule has 0 spiro atoms. The number of hydrogen-bond donors (Lipinski definition) is 1. The molecule has 0 radical (unpaired) electrons. The molecule has 0 saturated carbocycles. The summed E-state index contributed by atoms with van der Waals surface area (Å²) in [6.45, 7) is 6.22. The zero-order valence-corrected chi connectivity index (χ0v) is 9.23. The summed E-state index contributed by atoms with van der Waals surface area (Å²) in [5.41, 5.74) is 1.76. The van der Waals surface area contributed by atoms with Crippen molar-refractivity contribution in [2.75, 3.05) is 0 Å². The molecule has 0 aliphatic rings. The Morgan fingerprint density at radius 2 is 2.13 bits per heavy atom. The van der Waals surface area contributed by atoms with Crippen LogP contribution in [0.15, 0.2) is 18.5 Å². The molecule has 1 N–H and O–H groups in total. The Hall–Kier alpha value is -1.42. The third kappa shape index (κ3) is 1.61. The second-order valence-corrected chi connectivity index (χ2v) is 4.56. The van der Waals surface area contributed by atoms with Gasteiger partial charge in [0.25, 0.3) is 0 Å². The van der Waals surface area contributed by atoms with Crippen molar-refractivity contribution < 1.29 is 5.11 Å². The van der Waals surface area contributed by atoms with E-state index in [1.54, 1.807) is 12.4 Å². The molecule has 0 saturated heterocycles. The third-order valence-corrected chi connectivity index (χ3v) is 2.34. The van der Waals surface area contributed by atoms with E-state index in [0.717, 1.165) is 11.0 Å². The van der Waals surface area contributed by atoms with E-state index in [-0.39, 0.29) is 12.1 Å². The second kappa shape index (κ2) is 3.31. The molecule has 0 aliphatic carbocycles. The topological polar surface area (TPSA) is 50.9 Å². The van der Waals surface area contributed by atoms with Gasteiger partial charge in [0.2, 0.25) is 0 Å². The summed E-state index contributed by atoms with van der Waals surface area (Å²) >= 11 is 0. The molecule has 15 heavy (non-hydrogen) atoms. The van der Waals surface area contributed by atoms with Crippen LogP contribution < -0.4 is 0 Å². The summed E-state index contributed by atoms with van der Waals surface area (Å²) in [7, 11) is 0. The maximum atomic E-state index is 9.28. The van der Waals surface area contributed by atoms with E-state index in [1.807, 2.05) is 10.6 Å². The molecule has 2 aromatic heterocycles. The number of nitrogens with zero attached hydrogens (tertiary/aromatic N) is 3. The Morgan fingerprint density at radius 3 is 2.73 bits per heavy atom. The lowest BCUT2D eigenvalue weighted by atomic mass is 10.1. The first-order valence-electron chi connectivity index (χ1n) is 4.96. The number of fused-ring (bicyclic) bond motifs is 1. The summed E-state index contributed by atoms with van der Waals surface area (Å²) in [5.74, 6) is 0.686. The molecule has 0 bridgehead atoms. The SMILES string of the molecule is CC(C)(C)n1c(CO)nc2cnccc21. The number of hydrogen-bond acceptors (Lipinski definition) is 3. The monoisotopic (exact) mass is 205 g/mol. The summed E-state index contributed by atoms with van der Waals surface area (Å²) in [4.78, 5) is 8.37. The van der Waals surface area contributed by atoms with Crippen LogP contribution in [0, 0.1) is 0 Å². The van der Waals surface area contributed by atoms with E-state index < -0.39 is 0 Å². The maximum absolute atomic E-state index is 9.28. The van der Waals surface area contributed by atoms with Gasteiger partial charge in [-0.1, -0.05) is 0 Å². The first kappa shape index (κ1) is 10.1. The van der Waals surface area contributed by atoms with Crippen molar-refractivity contribution >= 4 is 11.0 Å². The number of imidazole rings is 1. The fourth-order valence-electron chi connectivity index (χ4n) is 1.84. The lowest BCUT2D eigenvalue weighted by Crippen LogP contribution is -2.24. The van der Waals surface area contributed by atoms with Gasteiger partial charge < -0.3 is 9.67 Å². The Morgan fingerprint density at radius 1 is 1.40 bits per heavy atom. The molecule has 0 atom stereocenters. The molecule has 4 heteroatoms. The minimum atomic E-state index is -0.0891. The molecule has 2 heterocycles. The van der Waals surface area contributed by atoms with E-state index >= 15 is 0 Å². The lowest BCUT2D eigenvalue weighted by Gasteiger charge is -2.24. The van der Waals surface area contributed by atoms with Gasteiger partial charge in [0.15, 0.2) is 0 Å². The van der Waals surface area contributed by atoms with E-state index in [0.29, 0.717) is 5.82 Å². The number of aliphatic hydroxyl groups excluding tert-OH is 1. The Labute approximate surface area is 88.6 Å². The molecule has 0 fully saturated rings. The van der Waals surface area contributed by atoms with Crippen LogP contribution in [0.4, 0.5) is 0 Å².